The van der Waals surface area contributed by atoms with E-state index in [0.717, 1.165) is 0 Å². The van der Waals surface area contributed by atoms with Gasteiger partial charge in [0.25, 0.3) is 0 Å². The maximum atomic E-state index is 10.8. The van der Waals surface area contributed by atoms with Gasteiger partial charge in [-0.2, -0.15) is 4.68 Å². The van der Waals surface area contributed by atoms with Gasteiger partial charge in [0.1, 0.15) is 0 Å². The molecule has 0 saturated carbocycles. The number of nitrogens with one attached hydrogen (secondary N) is 1. The largest absolute Gasteiger partial charge is 0.338 e. The fourth-order valence-corrected chi connectivity index (χ4v) is 1.13. The number of rotatable bonds is 1. The fourth-order valence-electron chi connectivity index (χ4n) is 0.599. The van der Waals surface area contributed by atoms with Gasteiger partial charge in [-0.05, 0) is 0 Å². The van der Waals surface area contributed by atoms with Crippen molar-refractivity contribution in [3.8, 4) is 0 Å². The third-order valence-corrected chi connectivity index (χ3v) is 1.93. The lowest BCUT2D eigenvalue weighted by Crippen LogP contribution is -2.43. The van der Waals surface area contributed by atoms with E-state index in [9.17, 15) is 13.8 Å². The second-order valence-electron chi connectivity index (χ2n) is 1.96. The van der Waals surface area contributed by atoms with Gasteiger partial charge in [0.05, 0.1) is 10.8 Å². The Morgan fingerprint density at radius 2 is 2.17 bits per heavy atom. The first-order valence-electron chi connectivity index (χ1n) is 2.84. The SMILES string of the molecule is CS(=O)c1n[nH]c(=O)c(=O)n1N. The van der Waals surface area contributed by atoms with Gasteiger partial charge in [-0.25, -0.2) is 5.10 Å². The van der Waals surface area contributed by atoms with E-state index in [2.05, 4.69) is 5.10 Å². The van der Waals surface area contributed by atoms with E-state index >= 15 is 0 Å². The lowest BCUT2D eigenvalue weighted by molar-refractivity contribution is 0.637. The monoisotopic (exact) mass is 190 g/mol. The minimum atomic E-state index is -1.50. The number of aromatic amines is 1. The molecule has 3 N–H and O–H groups in total. The van der Waals surface area contributed by atoms with E-state index in [1.165, 1.54) is 6.26 Å². The number of aromatic nitrogens is 3. The number of nitrogens with zero attached hydrogens (tertiary/aromatic N) is 2. The van der Waals surface area contributed by atoms with Crippen LogP contribution in [0.5, 0.6) is 0 Å². The molecule has 0 aliphatic carbocycles. The molecule has 0 aliphatic rings. The van der Waals surface area contributed by atoms with Crippen LogP contribution in [0.4, 0.5) is 0 Å². The van der Waals surface area contributed by atoms with Crippen LogP contribution in [-0.4, -0.2) is 25.3 Å². The van der Waals surface area contributed by atoms with Crippen molar-refractivity contribution in [1.29, 1.82) is 0 Å². The number of hydrogen-bond acceptors (Lipinski definition) is 5. The zero-order chi connectivity index (χ0) is 9.30. The van der Waals surface area contributed by atoms with Crippen molar-refractivity contribution in [2.75, 3.05) is 12.1 Å². The Morgan fingerprint density at radius 3 is 2.67 bits per heavy atom. The summed E-state index contributed by atoms with van der Waals surface area (Å²) in [4.78, 5) is 21.4. The Kier molecular flexibility index (Phi) is 2.09. The minimum Gasteiger partial charge on any atom is -0.334 e. The lowest BCUT2D eigenvalue weighted by atomic mass is 10.8. The first-order valence-corrected chi connectivity index (χ1v) is 4.40. The summed E-state index contributed by atoms with van der Waals surface area (Å²) in [5.74, 6) is 5.11. The van der Waals surface area contributed by atoms with Crippen molar-refractivity contribution < 1.29 is 4.21 Å². The predicted octanol–water partition coefficient (Wildman–Crippen LogP) is -2.62. The van der Waals surface area contributed by atoms with E-state index in [-0.39, 0.29) is 5.16 Å². The van der Waals surface area contributed by atoms with Crippen LogP contribution in [0.25, 0.3) is 0 Å². The van der Waals surface area contributed by atoms with Crippen LogP contribution in [0.3, 0.4) is 0 Å². The smallest absolute Gasteiger partial charge is 0.334 e. The number of hydrogen-bond donors (Lipinski definition) is 2. The molecule has 1 rings (SSSR count). The summed E-state index contributed by atoms with van der Waals surface area (Å²) in [7, 11) is -1.50. The molecule has 1 heterocycles. The van der Waals surface area contributed by atoms with Crippen LogP contribution in [0.2, 0.25) is 0 Å². The number of nitrogen functional groups attached to an aromatic ring is 1. The van der Waals surface area contributed by atoms with Crippen molar-refractivity contribution in [1.82, 2.24) is 14.9 Å². The van der Waals surface area contributed by atoms with E-state index < -0.39 is 21.9 Å². The normalized spacial score (nSPS) is 12.8. The molecule has 1 aromatic heterocycles. The van der Waals surface area contributed by atoms with Crippen molar-refractivity contribution in [3.63, 3.8) is 0 Å². The molecule has 0 fully saturated rings. The molecule has 0 spiro atoms. The topological polar surface area (TPSA) is 111 Å². The summed E-state index contributed by atoms with van der Waals surface area (Å²) < 4.78 is 11.3. The highest BCUT2D eigenvalue weighted by molar-refractivity contribution is 7.84. The second-order valence-corrected chi connectivity index (χ2v) is 3.24. The van der Waals surface area contributed by atoms with Crippen LogP contribution < -0.4 is 17.0 Å². The molecular formula is C4H6N4O3S. The van der Waals surface area contributed by atoms with Gasteiger partial charge in [0, 0.05) is 6.26 Å². The quantitative estimate of drug-likeness (QED) is 0.372. The molecule has 8 heteroatoms. The molecule has 0 aromatic carbocycles. The summed E-state index contributed by atoms with van der Waals surface area (Å²) in [6.45, 7) is 0. The average molecular weight is 190 g/mol. The summed E-state index contributed by atoms with van der Waals surface area (Å²) in [5, 5.41) is 5.05. The molecule has 1 unspecified atom stereocenters. The van der Waals surface area contributed by atoms with Crippen LogP contribution in [0, 0.1) is 0 Å². The first-order chi connectivity index (χ1) is 5.54. The van der Waals surface area contributed by atoms with Crippen molar-refractivity contribution in [3.05, 3.63) is 20.7 Å². The Balaban J connectivity index is 3.58. The summed E-state index contributed by atoms with van der Waals surface area (Å²) >= 11 is 0. The van der Waals surface area contributed by atoms with Crippen molar-refractivity contribution in [2.45, 2.75) is 5.16 Å². The first kappa shape index (κ1) is 8.65. The Bertz CT molecular complexity index is 433. The van der Waals surface area contributed by atoms with Gasteiger partial charge in [0.2, 0.25) is 5.16 Å². The lowest BCUT2D eigenvalue weighted by Gasteiger charge is -1.99. The Morgan fingerprint density at radius 1 is 1.58 bits per heavy atom. The third-order valence-electron chi connectivity index (χ3n) is 1.13. The van der Waals surface area contributed by atoms with E-state index in [0.29, 0.717) is 4.68 Å². The second kappa shape index (κ2) is 2.89. The highest BCUT2D eigenvalue weighted by Crippen LogP contribution is 1.87. The van der Waals surface area contributed by atoms with Crippen molar-refractivity contribution in [2.24, 2.45) is 0 Å². The molecule has 0 aliphatic heterocycles. The van der Waals surface area contributed by atoms with Crippen LogP contribution in [-0.2, 0) is 10.8 Å². The van der Waals surface area contributed by atoms with Gasteiger partial charge in [-0.3, -0.25) is 13.8 Å². The molecule has 7 nitrogen and oxygen atoms in total. The molecule has 0 radical (unpaired) electrons. The number of nitrogens with two attached hydrogens (primary N) is 1. The summed E-state index contributed by atoms with van der Waals surface area (Å²) in [5.41, 5.74) is -1.91. The molecule has 12 heavy (non-hydrogen) atoms. The molecule has 0 saturated heterocycles. The minimum absolute atomic E-state index is 0.167. The van der Waals surface area contributed by atoms with Gasteiger partial charge >= 0.3 is 11.1 Å². The van der Waals surface area contributed by atoms with Crippen LogP contribution >= 0.6 is 0 Å². The third kappa shape index (κ3) is 1.28. The highest BCUT2D eigenvalue weighted by Gasteiger charge is 2.08. The van der Waals surface area contributed by atoms with Crippen LogP contribution in [0.15, 0.2) is 14.7 Å². The zero-order valence-electron chi connectivity index (χ0n) is 6.10. The van der Waals surface area contributed by atoms with Gasteiger partial charge in [0.15, 0.2) is 0 Å². The standard InChI is InChI=1S/C4H6N4O3S/c1-12(11)4-7-6-2(9)3(10)8(4)5/h5H2,1H3,(H,6,9). The van der Waals surface area contributed by atoms with Gasteiger partial charge < -0.3 is 5.84 Å². The summed E-state index contributed by atoms with van der Waals surface area (Å²) in [6.07, 6.45) is 1.30. The molecule has 66 valence electrons. The molecule has 0 bridgehead atoms. The highest BCUT2D eigenvalue weighted by atomic mass is 32.2. The molecule has 1 aromatic rings. The Hall–Kier alpha value is -1.44. The maximum Gasteiger partial charge on any atom is 0.338 e. The molecule has 1 atom stereocenters. The maximum absolute atomic E-state index is 10.8. The fraction of sp³-hybridized carbons (Fsp3) is 0.250. The van der Waals surface area contributed by atoms with E-state index in [4.69, 9.17) is 5.84 Å². The predicted molar refractivity (Wildman–Crippen MR) is 41.6 cm³/mol. The average Bonchev–Trinajstić information content (AvgIpc) is 2.00. The molecule has 0 amide bonds. The van der Waals surface area contributed by atoms with Gasteiger partial charge in [-0.15, -0.1) is 5.10 Å². The summed E-state index contributed by atoms with van der Waals surface area (Å²) in [6, 6.07) is 0. The zero-order valence-corrected chi connectivity index (χ0v) is 6.92. The molecular weight excluding hydrogens is 184 g/mol. The van der Waals surface area contributed by atoms with E-state index in [1.54, 1.807) is 0 Å². The van der Waals surface area contributed by atoms with Crippen molar-refractivity contribution >= 4 is 10.8 Å². The van der Waals surface area contributed by atoms with Gasteiger partial charge in [-0.1, -0.05) is 0 Å². The Labute approximate surface area is 68.6 Å². The van der Waals surface area contributed by atoms with E-state index in [1.807, 2.05) is 5.10 Å². The number of H-pyrrole nitrogens is 1. The van der Waals surface area contributed by atoms with Crippen LogP contribution in [0.1, 0.15) is 0 Å².